The second kappa shape index (κ2) is 10.5. The molecule has 0 heterocycles. The number of ketones is 2. The molecule has 0 spiro atoms. The Bertz CT molecular complexity index is 1960. The van der Waals surface area contributed by atoms with Gasteiger partial charge in [0.05, 0.1) is 7.11 Å². The van der Waals surface area contributed by atoms with Crippen LogP contribution in [0.25, 0.3) is 44.5 Å². The molecule has 6 aromatic carbocycles. The van der Waals surface area contributed by atoms with Crippen molar-refractivity contribution in [2.45, 2.75) is 0 Å². The molecule has 6 aromatic rings. The van der Waals surface area contributed by atoms with Crippen LogP contribution in [0.15, 0.2) is 140 Å². The summed E-state index contributed by atoms with van der Waals surface area (Å²) >= 11 is 0. The van der Waals surface area contributed by atoms with E-state index in [0.29, 0.717) is 22.3 Å². The van der Waals surface area contributed by atoms with Crippen LogP contribution in [0.5, 0.6) is 5.75 Å². The van der Waals surface area contributed by atoms with Crippen molar-refractivity contribution < 1.29 is 14.3 Å². The van der Waals surface area contributed by atoms with Gasteiger partial charge in [-0.3, -0.25) is 9.59 Å². The number of hydrogen-bond donors (Lipinski definition) is 0. The fourth-order valence-corrected chi connectivity index (χ4v) is 5.82. The molecule has 0 saturated carbocycles. The van der Waals surface area contributed by atoms with Crippen molar-refractivity contribution >= 4 is 11.6 Å². The maximum Gasteiger partial charge on any atom is 0.194 e. The molecule has 42 heavy (non-hydrogen) atoms. The van der Waals surface area contributed by atoms with Gasteiger partial charge in [0, 0.05) is 22.3 Å². The maximum atomic E-state index is 14.2. The smallest absolute Gasteiger partial charge is 0.194 e. The minimum atomic E-state index is -0.147. The van der Waals surface area contributed by atoms with Gasteiger partial charge in [-0.1, -0.05) is 103 Å². The predicted octanol–water partition coefficient (Wildman–Crippen LogP) is 9.14. The molecule has 0 unspecified atom stereocenters. The maximum absolute atomic E-state index is 14.2. The van der Waals surface area contributed by atoms with E-state index in [1.165, 1.54) is 0 Å². The molecule has 0 aliphatic heterocycles. The average molecular weight is 543 g/mol. The fraction of sp³-hybridized carbons (Fsp3) is 0.0256. The summed E-state index contributed by atoms with van der Waals surface area (Å²) in [5.74, 6) is 0.460. The average Bonchev–Trinajstić information content (AvgIpc) is 3.07. The van der Waals surface area contributed by atoms with Crippen LogP contribution < -0.4 is 4.74 Å². The number of fused-ring (bicyclic) bond motifs is 2. The summed E-state index contributed by atoms with van der Waals surface area (Å²) in [6, 6.07) is 45.3. The molecule has 0 fully saturated rings. The second-order valence-corrected chi connectivity index (χ2v) is 10.4. The Morgan fingerprint density at radius 1 is 0.357 bits per heavy atom. The SMILES string of the molecule is COc1ccc(-c2cc3c(cc2-c2ccccc2)C(=O)c2cc(-c4ccccc4)c(-c4ccccc4)cc2C3=O)cc1. The van der Waals surface area contributed by atoms with Crippen molar-refractivity contribution in [3.8, 4) is 50.3 Å². The Balaban J connectivity index is 1.46. The van der Waals surface area contributed by atoms with E-state index in [1.54, 1.807) is 7.11 Å². The summed E-state index contributed by atoms with van der Waals surface area (Å²) in [6.07, 6.45) is 0. The Hall–Kier alpha value is -5.54. The second-order valence-electron chi connectivity index (χ2n) is 10.4. The van der Waals surface area contributed by atoms with E-state index in [9.17, 15) is 9.59 Å². The number of rotatable bonds is 5. The summed E-state index contributed by atoms with van der Waals surface area (Å²) < 4.78 is 5.37. The first kappa shape index (κ1) is 25.4. The topological polar surface area (TPSA) is 43.4 Å². The minimum absolute atomic E-state index is 0.144. The molecule has 1 aliphatic carbocycles. The van der Waals surface area contributed by atoms with Crippen LogP contribution in [0, 0.1) is 0 Å². The van der Waals surface area contributed by atoms with Gasteiger partial charge in [-0.15, -0.1) is 0 Å². The van der Waals surface area contributed by atoms with E-state index in [0.717, 1.165) is 50.3 Å². The van der Waals surface area contributed by atoms with Crippen LogP contribution in [-0.4, -0.2) is 18.7 Å². The largest absolute Gasteiger partial charge is 0.497 e. The molecule has 3 nitrogen and oxygen atoms in total. The number of carbonyl (C=O) groups is 2. The van der Waals surface area contributed by atoms with E-state index in [4.69, 9.17) is 4.74 Å². The van der Waals surface area contributed by atoms with E-state index in [2.05, 4.69) is 0 Å². The molecule has 0 atom stereocenters. The molecule has 1 aliphatic rings. The lowest BCUT2D eigenvalue weighted by Gasteiger charge is -2.23. The van der Waals surface area contributed by atoms with Crippen LogP contribution in [0.3, 0.4) is 0 Å². The van der Waals surface area contributed by atoms with Crippen LogP contribution in [0.4, 0.5) is 0 Å². The Morgan fingerprint density at radius 3 is 0.929 bits per heavy atom. The molecule has 0 amide bonds. The molecule has 3 heteroatoms. The highest BCUT2D eigenvalue weighted by Gasteiger charge is 2.33. The van der Waals surface area contributed by atoms with E-state index >= 15 is 0 Å². The van der Waals surface area contributed by atoms with E-state index < -0.39 is 0 Å². The van der Waals surface area contributed by atoms with Crippen molar-refractivity contribution in [2.75, 3.05) is 7.11 Å². The molecule has 0 saturated heterocycles. The summed E-state index contributed by atoms with van der Waals surface area (Å²) in [4.78, 5) is 28.5. The number of benzene rings is 6. The molecular weight excluding hydrogens is 516 g/mol. The van der Waals surface area contributed by atoms with Crippen molar-refractivity contribution in [1.82, 2.24) is 0 Å². The Labute approximate surface area is 244 Å². The lowest BCUT2D eigenvalue weighted by molar-refractivity contribution is 0.0979. The molecule has 0 aromatic heterocycles. The van der Waals surface area contributed by atoms with Gasteiger partial charge in [-0.2, -0.15) is 0 Å². The highest BCUT2D eigenvalue weighted by molar-refractivity contribution is 6.30. The number of hydrogen-bond acceptors (Lipinski definition) is 3. The third-order valence-electron chi connectivity index (χ3n) is 7.95. The lowest BCUT2D eigenvalue weighted by Crippen LogP contribution is -2.21. The molecule has 0 radical (unpaired) electrons. The molecule has 0 N–H and O–H groups in total. The monoisotopic (exact) mass is 542 g/mol. The van der Waals surface area contributed by atoms with Crippen molar-refractivity contribution in [3.05, 3.63) is 162 Å². The normalized spacial score (nSPS) is 12.0. The standard InChI is InChI=1S/C39H26O3/c1-42-29-19-17-28(18-20-29)33-24-37-36(23-32(33)27-15-9-4-10-16-27)38(40)34-21-30(25-11-5-2-6-12-25)31(22-35(34)39(37)41)26-13-7-3-8-14-26/h2-24H,1H3. The zero-order valence-electron chi connectivity index (χ0n) is 23.0. The van der Waals surface area contributed by atoms with Crippen LogP contribution in [0.2, 0.25) is 0 Å². The number of ether oxygens (including phenoxy) is 1. The Morgan fingerprint density at radius 2 is 0.643 bits per heavy atom. The molecule has 7 rings (SSSR count). The third kappa shape index (κ3) is 4.32. The van der Waals surface area contributed by atoms with E-state index in [1.807, 2.05) is 140 Å². The van der Waals surface area contributed by atoms with Crippen molar-refractivity contribution in [3.63, 3.8) is 0 Å². The molecule has 200 valence electrons. The quantitative estimate of drug-likeness (QED) is 0.218. The molecular formula is C39H26O3. The van der Waals surface area contributed by atoms with Gasteiger partial charge in [0.2, 0.25) is 0 Å². The van der Waals surface area contributed by atoms with Gasteiger partial charge in [-0.25, -0.2) is 0 Å². The first-order chi connectivity index (χ1) is 20.6. The molecule has 0 bridgehead atoms. The lowest BCUT2D eigenvalue weighted by atomic mass is 9.78. The highest BCUT2D eigenvalue weighted by atomic mass is 16.5. The van der Waals surface area contributed by atoms with Crippen molar-refractivity contribution in [1.29, 1.82) is 0 Å². The zero-order chi connectivity index (χ0) is 28.6. The van der Waals surface area contributed by atoms with Gasteiger partial charge in [0.25, 0.3) is 0 Å². The Kier molecular flexibility index (Phi) is 6.33. The summed E-state index contributed by atoms with van der Waals surface area (Å²) in [6.45, 7) is 0. The summed E-state index contributed by atoms with van der Waals surface area (Å²) in [7, 11) is 1.64. The predicted molar refractivity (Wildman–Crippen MR) is 168 cm³/mol. The van der Waals surface area contributed by atoms with Crippen molar-refractivity contribution in [2.24, 2.45) is 0 Å². The van der Waals surface area contributed by atoms with Gasteiger partial charge in [0.1, 0.15) is 5.75 Å². The van der Waals surface area contributed by atoms with Crippen LogP contribution in [0.1, 0.15) is 31.8 Å². The van der Waals surface area contributed by atoms with E-state index in [-0.39, 0.29) is 11.6 Å². The van der Waals surface area contributed by atoms with Gasteiger partial charge < -0.3 is 4.74 Å². The van der Waals surface area contributed by atoms with Gasteiger partial charge in [0.15, 0.2) is 11.6 Å². The first-order valence-electron chi connectivity index (χ1n) is 13.9. The zero-order valence-corrected chi connectivity index (χ0v) is 23.0. The minimum Gasteiger partial charge on any atom is -0.497 e. The third-order valence-corrected chi connectivity index (χ3v) is 7.95. The fourth-order valence-electron chi connectivity index (χ4n) is 5.82. The van der Waals surface area contributed by atoms with Gasteiger partial charge in [-0.05, 0) is 80.9 Å². The number of carbonyl (C=O) groups excluding carboxylic acids is 2. The highest BCUT2D eigenvalue weighted by Crippen LogP contribution is 2.42. The summed E-state index contributed by atoms with van der Waals surface area (Å²) in [5, 5.41) is 0. The van der Waals surface area contributed by atoms with Crippen LogP contribution >= 0.6 is 0 Å². The van der Waals surface area contributed by atoms with Crippen LogP contribution in [-0.2, 0) is 0 Å². The number of methoxy groups -OCH3 is 1. The van der Waals surface area contributed by atoms with Gasteiger partial charge >= 0.3 is 0 Å². The summed E-state index contributed by atoms with van der Waals surface area (Å²) in [5.41, 5.74) is 9.22. The first-order valence-corrected chi connectivity index (χ1v) is 13.9.